The number of rotatable bonds is 4. The predicted molar refractivity (Wildman–Crippen MR) is 86.3 cm³/mol. The Balaban J connectivity index is 0.00000176. The molecule has 0 saturated carbocycles. The molecule has 2 nitrogen and oxygen atoms in total. The fourth-order valence-electron chi connectivity index (χ4n) is 2.32. The van der Waals surface area contributed by atoms with Gasteiger partial charge in [-0.25, -0.2) is 0 Å². The second kappa shape index (κ2) is 7.68. The molecule has 0 bridgehead atoms. The van der Waals surface area contributed by atoms with E-state index in [0.717, 1.165) is 33.5 Å². The molecule has 0 spiro atoms. The molecule has 0 aliphatic heterocycles. The van der Waals surface area contributed by atoms with Crippen LogP contribution in [-0.2, 0) is 26.5 Å². The Bertz CT molecular complexity index is 776. The van der Waals surface area contributed by atoms with Crippen molar-refractivity contribution >= 4 is 20.5 Å². The quantitative estimate of drug-likeness (QED) is 0.416. The minimum Gasteiger partial charge on any atom is -0.556 e. The van der Waals surface area contributed by atoms with Crippen molar-refractivity contribution < 1.29 is 24.5 Å². The molecule has 4 heteroatoms. The average molecular weight is 481 g/mol. The van der Waals surface area contributed by atoms with Gasteiger partial charge in [-0.1, -0.05) is 59.3 Å². The van der Waals surface area contributed by atoms with Crippen LogP contribution in [0.4, 0.5) is 0 Å². The predicted octanol–water partition coefficient (Wildman–Crippen LogP) is 4.00. The molecule has 5 radical (unpaired) electrons. The second-order valence-electron chi connectivity index (χ2n) is 4.62. The first-order valence-corrected chi connectivity index (χ1v) is 8.17. The van der Waals surface area contributed by atoms with E-state index in [9.17, 15) is 0 Å². The number of hydrogen-bond acceptors (Lipinski definition) is 2. The molecular weight excluding hydrogens is 467 g/mol. The summed E-state index contributed by atoms with van der Waals surface area (Å²) in [5.74, 6) is 0.754. The van der Waals surface area contributed by atoms with Gasteiger partial charge < -0.3 is 9.41 Å². The van der Waals surface area contributed by atoms with Gasteiger partial charge in [-0.2, -0.15) is 0 Å². The Morgan fingerprint density at radius 2 is 2.00 bits per heavy atom. The molecule has 3 aromatic rings. The van der Waals surface area contributed by atoms with Crippen LogP contribution in [0.2, 0.25) is 6.55 Å². The Labute approximate surface area is 147 Å². The molecular formula is C18H14IrNOSi-. The summed E-state index contributed by atoms with van der Waals surface area (Å²) in [6, 6.07) is 19.4. The van der Waals surface area contributed by atoms with Gasteiger partial charge in [-0.05, 0) is 31.7 Å². The molecule has 0 atom stereocenters. The SMILES string of the molecule is [CH]Cc1cccc(-c2[c-]c(O[Si]C)cc3ccccc23)n1.[Ir]. The minimum absolute atomic E-state index is 0. The maximum atomic E-state index is 5.69. The normalized spacial score (nSPS) is 10.3. The molecule has 0 fully saturated rings. The Kier molecular flexibility index (Phi) is 5.89. The number of aromatic nitrogens is 1. The molecule has 0 aliphatic rings. The minimum atomic E-state index is 0. The zero-order chi connectivity index (χ0) is 14.7. The zero-order valence-electron chi connectivity index (χ0n) is 12.1. The van der Waals surface area contributed by atoms with Gasteiger partial charge in [0.05, 0.1) is 0 Å². The second-order valence-corrected chi connectivity index (χ2v) is 5.23. The summed E-state index contributed by atoms with van der Waals surface area (Å²) in [4.78, 5) is 4.60. The van der Waals surface area contributed by atoms with Gasteiger partial charge in [0.15, 0.2) is 0 Å². The van der Waals surface area contributed by atoms with Gasteiger partial charge in [0, 0.05) is 31.5 Å². The molecule has 1 aromatic heterocycles. The standard InChI is InChI=1S/C18H14NOSi.Ir/c1-3-14-8-6-10-18(19-14)17-12-15(20-21-2)11-13-7-4-5-9-16(13)17;/h1,4-11H,3H2,2H3;/q-1;. The maximum Gasteiger partial charge on any atom is 0.304 e. The van der Waals surface area contributed by atoms with E-state index in [4.69, 9.17) is 11.3 Å². The van der Waals surface area contributed by atoms with Gasteiger partial charge in [0.2, 0.25) is 0 Å². The molecule has 111 valence electrons. The molecule has 22 heavy (non-hydrogen) atoms. The van der Waals surface area contributed by atoms with Crippen molar-refractivity contribution in [3.05, 3.63) is 67.2 Å². The third-order valence-electron chi connectivity index (χ3n) is 3.25. The maximum absolute atomic E-state index is 5.69. The molecule has 1 heterocycles. The first-order chi connectivity index (χ1) is 10.3. The smallest absolute Gasteiger partial charge is 0.304 e. The number of benzene rings is 2. The van der Waals surface area contributed by atoms with Crippen LogP contribution in [0, 0.1) is 13.0 Å². The van der Waals surface area contributed by atoms with E-state index in [2.05, 4.69) is 23.2 Å². The molecule has 0 aliphatic carbocycles. The van der Waals surface area contributed by atoms with Crippen molar-refractivity contribution in [3.63, 3.8) is 0 Å². The molecule has 0 unspecified atom stereocenters. The van der Waals surface area contributed by atoms with Crippen molar-refractivity contribution in [1.29, 1.82) is 0 Å². The topological polar surface area (TPSA) is 22.1 Å². The van der Waals surface area contributed by atoms with Gasteiger partial charge in [-0.3, -0.25) is 0 Å². The summed E-state index contributed by atoms with van der Waals surface area (Å²) < 4.78 is 5.65. The first kappa shape index (κ1) is 16.9. The van der Waals surface area contributed by atoms with Gasteiger partial charge in [0.1, 0.15) is 0 Å². The van der Waals surface area contributed by atoms with Gasteiger partial charge in [0.25, 0.3) is 0 Å². The summed E-state index contributed by atoms with van der Waals surface area (Å²) in [7, 11) is 0.386. The summed E-state index contributed by atoms with van der Waals surface area (Å²) in [6.07, 6.45) is 0.429. The number of pyridine rings is 1. The van der Waals surface area contributed by atoms with E-state index in [-0.39, 0.29) is 20.1 Å². The Morgan fingerprint density at radius 3 is 2.77 bits per heavy atom. The summed E-state index contributed by atoms with van der Waals surface area (Å²) in [6.45, 7) is 7.69. The number of fused-ring (bicyclic) bond motifs is 1. The van der Waals surface area contributed by atoms with Crippen molar-refractivity contribution in [1.82, 2.24) is 4.98 Å². The van der Waals surface area contributed by atoms with E-state index in [1.54, 1.807) is 0 Å². The largest absolute Gasteiger partial charge is 0.556 e. The van der Waals surface area contributed by atoms with Crippen LogP contribution in [0.1, 0.15) is 5.69 Å². The van der Waals surface area contributed by atoms with Crippen LogP contribution in [0.25, 0.3) is 22.0 Å². The van der Waals surface area contributed by atoms with Crippen molar-refractivity contribution in [2.75, 3.05) is 0 Å². The van der Waals surface area contributed by atoms with Crippen molar-refractivity contribution in [3.8, 4) is 17.0 Å². The average Bonchev–Trinajstić information content (AvgIpc) is 2.54. The van der Waals surface area contributed by atoms with Crippen molar-refractivity contribution in [2.24, 2.45) is 0 Å². The zero-order valence-corrected chi connectivity index (χ0v) is 15.5. The van der Waals surface area contributed by atoms with E-state index in [1.165, 1.54) is 0 Å². The molecule has 0 amide bonds. The van der Waals surface area contributed by atoms with E-state index in [1.807, 2.05) is 42.9 Å². The Morgan fingerprint density at radius 1 is 1.18 bits per heavy atom. The van der Waals surface area contributed by atoms with E-state index < -0.39 is 0 Å². The van der Waals surface area contributed by atoms with Gasteiger partial charge in [-0.15, -0.1) is 5.56 Å². The monoisotopic (exact) mass is 481 g/mol. The van der Waals surface area contributed by atoms with E-state index in [0.29, 0.717) is 16.2 Å². The number of hydrogen-bond donors (Lipinski definition) is 0. The number of nitrogens with zero attached hydrogens (tertiary/aromatic N) is 1. The third kappa shape index (κ3) is 3.46. The van der Waals surface area contributed by atoms with Crippen LogP contribution >= 0.6 is 0 Å². The van der Waals surface area contributed by atoms with Gasteiger partial charge >= 0.3 is 9.76 Å². The van der Waals surface area contributed by atoms with Crippen LogP contribution in [0.3, 0.4) is 0 Å². The van der Waals surface area contributed by atoms with Crippen molar-refractivity contribution in [2.45, 2.75) is 13.0 Å². The van der Waals surface area contributed by atoms with Crippen LogP contribution < -0.4 is 4.43 Å². The van der Waals surface area contributed by atoms with Crippen LogP contribution in [-0.4, -0.2) is 14.7 Å². The first-order valence-electron chi connectivity index (χ1n) is 6.77. The summed E-state index contributed by atoms with van der Waals surface area (Å²) in [5, 5.41) is 2.24. The molecule has 2 aromatic carbocycles. The fraction of sp³-hybridized carbons (Fsp3) is 0.111. The third-order valence-corrected chi connectivity index (χ3v) is 3.67. The Hall–Kier alpha value is -1.48. The molecule has 3 rings (SSSR count). The van der Waals surface area contributed by atoms with E-state index >= 15 is 0 Å². The van der Waals surface area contributed by atoms with Crippen LogP contribution in [0.15, 0.2) is 48.5 Å². The summed E-state index contributed by atoms with van der Waals surface area (Å²) >= 11 is 0. The fourth-order valence-corrected chi connectivity index (χ4v) is 2.65. The molecule has 0 N–H and O–H groups in total. The summed E-state index contributed by atoms with van der Waals surface area (Å²) in [5.41, 5.74) is 2.70. The molecule has 0 saturated heterocycles. The van der Waals surface area contributed by atoms with Crippen LogP contribution in [0.5, 0.6) is 5.75 Å².